The van der Waals surface area contributed by atoms with Crippen LogP contribution in [0.4, 0.5) is 5.69 Å². The molecule has 146 valence electrons. The number of amides is 2. The van der Waals surface area contributed by atoms with Crippen molar-refractivity contribution in [2.75, 3.05) is 5.32 Å². The van der Waals surface area contributed by atoms with E-state index in [0.717, 1.165) is 0 Å². The van der Waals surface area contributed by atoms with Gasteiger partial charge in [0, 0.05) is 29.7 Å². The normalized spacial score (nSPS) is 14.1. The van der Waals surface area contributed by atoms with Crippen LogP contribution in [0.1, 0.15) is 62.4 Å². The third kappa shape index (κ3) is 3.80. The number of carbonyl (C=O) groups is 4. The van der Waals surface area contributed by atoms with Crippen LogP contribution in [-0.4, -0.2) is 34.7 Å². The maximum Gasteiger partial charge on any atom is 0.325 e. The molecule has 0 spiro atoms. The zero-order valence-electron chi connectivity index (χ0n) is 15.5. The van der Waals surface area contributed by atoms with Crippen LogP contribution >= 0.6 is 0 Å². The summed E-state index contributed by atoms with van der Waals surface area (Å²) in [5.74, 6) is -1.48. The first kappa shape index (κ1) is 19.3. The van der Waals surface area contributed by atoms with Crippen LogP contribution in [0.5, 0.6) is 0 Å². The lowest BCUT2D eigenvalue weighted by atomic mass is 9.94. The van der Waals surface area contributed by atoms with E-state index >= 15 is 0 Å². The minimum atomic E-state index is -1.13. The highest BCUT2D eigenvalue weighted by molar-refractivity contribution is 6.07. The van der Waals surface area contributed by atoms with Gasteiger partial charge in [0.15, 0.2) is 11.5 Å². The average molecular weight is 384 g/mol. The Morgan fingerprint density at radius 2 is 1.79 bits per heavy atom. The molecule has 0 radical (unpaired) electrons. The number of aliphatic carboxylic acids is 1. The van der Waals surface area contributed by atoms with E-state index in [0.29, 0.717) is 41.8 Å². The monoisotopic (exact) mass is 384 g/mol. The number of carboxylic acid groups (broad SMARTS) is 1. The number of anilines is 1. The van der Waals surface area contributed by atoms with Crippen molar-refractivity contribution in [2.45, 2.75) is 39.2 Å². The molecule has 0 saturated heterocycles. The van der Waals surface area contributed by atoms with E-state index in [1.54, 1.807) is 6.92 Å². The quantitative estimate of drug-likeness (QED) is 0.727. The highest BCUT2D eigenvalue weighted by Crippen LogP contribution is 2.29. The molecule has 1 atom stereocenters. The van der Waals surface area contributed by atoms with Crippen molar-refractivity contribution in [1.82, 2.24) is 5.32 Å². The van der Waals surface area contributed by atoms with Crippen LogP contribution in [-0.2, 0) is 11.2 Å². The highest BCUT2D eigenvalue weighted by Gasteiger charge is 2.28. The molecule has 8 heteroatoms. The van der Waals surface area contributed by atoms with Crippen molar-refractivity contribution >= 4 is 29.3 Å². The molecule has 1 aromatic carbocycles. The Hall–Kier alpha value is -3.42. The highest BCUT2D eigenvalue weighted by atomic mass is 16.4. The van der Waals surface area contributed by atoms with Crippen LogP contribution in [0.2, 0.25) is 0 Å². The fourth-order valence-electron chi connectivity index (χ4n) is 3.10. The molecule has 3 rings (SSSR count). The van der Waals surface area contributed by atoms with Crippen molar-refractivity contribution < 1.29 is 28.7 Å². The number of rotatable bonds is 5. The minimum absolute atomic E-state index is 0.00694. The Kier molecular flexibility index (Phi) is 5.30. The fourth-order valence-corrected chi connectivity index (χ4v) is 3.10. The van der Waals surface area contributed by atoms with Crippen molar-refractivity contribution in [1.29, 1.82) is 0 Å². The molecular weight excluding hydrogens is 364 g/mol. The Bertz CT molecular complexity index is 958. The van der Waals surface area contributed by atoms with Gasteiger partial charge in [0.2, 0.25) is 0 Å². The lowest BCUT2D eigenvalue weighted by Crippen LogP contribution is -2.38. The number of Topliss-reactive ketones (excluding diaryl/α,β-unsaturated/α-hetero) is 1. The summed E-state index contributed by atoms with van der Waals surface area (Å²) in [7, 11) is 0. The lowest BCUT2D eigenvalue weighted by Gasteiger charge is -2.10. The zero-order chi connectivity index (χ0) is 20.4. The molecule has 0 bridgehead atoms. The molecule has 3 N–H and O–H groups in total. The van der Waals surface area contributed by atoms with Gasteiger partial charge in [-0.25, -0.2) is 0 Å². The third-order valence-corrected chi connectivity index (χ3v) is 4.64. The average Bonchev–Trinajstić information content (AvgIpc) is 3.00. The molecule has 28 heavy (non-hydrogen) atoms. The van der Waals surface area contributed by atoms with Gasteiger partial charge >= 0.3 is 5.97 Å². The van der Waals surface area contributed by atoms with Crippen LogP contribution in [0.25, 0.3) is 0 Å². The second kappa shape index (κ2) is 7.67. The predicted octanol–water partition coefficient (Wildman–Crippen LogP) is 2.56. The zero-order valence-corrected chi connectivity index (χ0v) is 15.5. The number of furan rings is 1. The minimum Gasteiger partial charge on any atom is -0.480 e. The smallest absolute Gasteiger partial charge is 0.325 e. The van der Waals surface area contributed by atoms with Gasteiger partial charge in [-0.2, -0.15) is 0 Å². The lowest BCUT2D eigenvalue weighted by molar-refractivity contribution is -0.138. The summed E-state index contributed by atoms with van der Waals surface area (Å²) < 4.78 is 5.62. The SMILES string of the molecule is Cc1c(C(=O)Nc2ccc(C(=O)NC(C)C(=O)O)cc2)oc2c1C(=O)CCC2. The maximum absolute atomic E-state index is 12.5. The van der Waals surface area contributed by atoms with Crippen molar-refractivity contribution in [3.05, 3.63) is 52.5 Å². The molecule has 1 unspecified atom stereocenters. The van der Waals surface area contributed by atoms with Crippen molar-refractivity contribution in [2.24, 2.45) is 0 Å². The number of carbonyl (C=O) groups excluding carboxylic acids is 3. The van der Waals surface area contributed by atoms with Gasteiger partial charge in [-0.3, -0.25) is 19.2 Å². The molecule has 8 nitrogen and oxygen atoms in total. The van der Waals surface area contributed by atoms with E-state index in [2.05, 4.69) is 10.6 Å². The number of ketones is 1. The molecule has 0 saturated carbocycles. The summed E-state index contributed by atoms with van der Waals surface area (Å²) >= 11 is 0. The number of fused-ring (bicyclic) bond motifs is 1. The van der Waals surface area contributed by atoms with E-state index in [-0.39, 0.29) is 17.1 Å². The van der Waals surface area contributed by atoms with Gasteiger partial charge in [-0.15, -0.1) is 0 Å². The predicted molar refractivity (Wildman–Crippen MR) is 99.7 cm³/mol. The first-order valence-electron chi connectivity index (χ1n) is 8.88. The largest absolute Gasteiger partial charge is 0.480 e. The van der Waals surface area contributed by atoms with Crippen LogP contribution in [0, 0.1) is 6.92 Å². The van der Waals surface area contributed by atoms with E-state index in [1.807, 2.05) is 0 Å². The number of hydrogen-bond acceptors (Lipinski definition) is 5. The first-order valence-corrected chi connectivity index (χ1v) is 8.88. The topological polar surface area (TPSA) is 126 Å². The molecule has 1 aliphatic rings. The number of nitrogens with one attached hydrogen (secondary N) is 2. The van der Waals surface area contributed by atoms with Gasteiger partial charge < -0.3 is 20.2 Å². The number of hydrogen-bond donors (Lipinski definition) is 3. The standard InChI is InChI=1S/C20H20N2O6/c1-10-16-14(23)4-3-5-15(16)28-17(10)19(25)22-13-8-6-12(7-9-13)18(24)21-11(2)20(26)27/h6-9,11H,3-5H2,1-2H3,(H,21,24)(H,22,25)(H,26,27). The molecule has 2 amide bonds. The van der Waals surface area contributed by atoms with E-state index in [1.165, 1.54) is 31.2 Å². The van der Waals surface area contributed by atoms with Crippen molar-refractivity contribution in [3.63, 3.8) is 0 Å². The molecule has 1 aromatic heterocycles. The van der Waals surface area contributed by atoms with E-state index < -0.39 is 23.8 Å². The fraction of sp³-hybridized carbons (Fsp3) is 0.300. The summed E-state index contributed by atoms with van der Waals surface area (Å²) in [6.45, 7) is 3.06. The summed E-state index contributed by atoms with van der Waals surface area (Å²) in [6.07, 6.45) is 1.80. The van der Waals surface area contributed by atoms with E-state index in [9.17, 15) is 19.2 Å². The van der Waals surface area contributed by atoms with E-state index in [4.69, 9.17) is 9.52 Å². The van der Waals surface area contributed by atoms with Gasteiger partial charge in [0.05, 0.1) is 5.56 Å². The molecule has 1 aliphatic carbocycles. The second-order valence-electron chi connectivity index (χ2n) is 6.70. The third-order valence-electron chi connectivity index (χ3n) is 4.64. The van der Waals surface area contributed by atoms with Crippen LogP contribution < -0.4 is 10.6 Å². The van der Waals surface area contributed by atoms with Gasteiger partial charge in [0.25, 0.3) is 11.8 Å². The number of carboxylic acids is 1. The Labute approximate surface area is 160 Å². The van der Waals surface area contributed by atoms with Crippen LogP contribution in [0.3, 0.4) is 0 Å². The summed E-state index contributed by atoms with van der Waals surface area (Å²) in [6, 6.07) is 5.00. The Morgan fingerprint density at radius 3 is 2.39 bits per heavy atom. The molecule has 2 aromatic rings. The first-order chi connectivity index (χ1) is 13.3. The summed E-state index contributed by atoms with van der Waals surface area (Å²) in [5, 5.41) is 13.9. The number of aryl methyl sites for hydroxylation is 1. The molecule has 0 aliphatic heterocycles. The van der Waals surface area contributed by atoms with Gasteiger partial charge in [0.1, 0.15) is 11.8 Å². The second-order valence-corrected chi connectivity index (χ2v) is 6.70. The Balaban J connectivity index is 1.71. The summed E-state index contributed by atoms with van der Waals surface area (Å²) in [5.41, 5.74) is 1.75. The maximum atomic E-state index is 12.5. The van der Waals surface area contributed by atoms with Gasteiger partial charge in [-0.05, 0) is 44.5 Å². The Morgan fingerprint density at radius 1 is 1.11 bits per heavy atom. The molecular formula is C20H20N2O6. The molecule has 1 heterocycles. The van der Waals surface area contributed by atoms with Gasteiger partial charge in [-0.1, -0.05) is 0 Å². The number of benzene rings is 1. The van der Waals surface area contributed by atoms with Crippen molar-refractivity contribution in [3.8, 4) is 0 Å². The molecule has 0 fully saturated rings. The van der Waals surface area contributed by atoms with Crippen LogP contribution in [0.15, 0.2) is 28.7 Å². The summed E-state index contributed by atoms with van der Waals surface area (Å²) in [4.78, 5) is 47.4.